The number of carboxylic acids is 1. The van der Waals surface area contributed by atoms with E-state index in [9.17, 15) is 9.18 Å². The number of nitrogens with zero attached hydrogens (tertiary/aromatic N) is 1. The van der Waals surface area contributed by atoms with Crippen LogP contribution in [0.1, 0.15) is 20.9 Å². The van der Waals surface area contributed by atoms with Crippen molar-refractivity contribution in [2.75, 3.05) is 6.61 Å². The number of hydrogen-bond acceptors (Lipinski definition) is 4. The first-order chi connectivity index (χ1) is 9.09. The van der Waals surface area contributed by atoms with Gasteiger partial charge in [-0.1, -0.05) is 6.07 Å². The maximum atomic E-state index is 13.6. The van der Waals surface area contributed by atoms with Gasteiger partial charge in [0.15, 0.2) is 11.6 Å². The molecule has 4 nitrogen and oxygen atoms in total. The van der Waals surface area contributed by atoms with Gasteiger partial charge in [0.2, 0.25) is 0 Å². The summed E-state index contributed by atoms with van der Waals surface area (Å²) in [6.45, 7) is 2.10. The Balaban J connectivity index is 2.07. The molecule has 0 atom stereocenters. The molecule has 0 unspecified atom stereocenters. The molecule has 0 saturated carbocycles. The largest absolute Gasteiger partial charge is 0.489 e. The van der Waals surface area contributed by atoms with E-state index in [1.54, 1.807) is 5.51 Å². The fourth-order valence-corrected chi connectivity index (χ4v) is 2.40. The van der Waals surface area contributed by atoms with Crippen molar-refractivity contribution in [3.05, 3.63) is 45.7 Å². The number of aromatic nitrogens is 1. The lowest BCUT2D eigenvalue weighted by Crippen LogP contribution is -2.08. The number of thiazole rings is 1. The summed E-state index contributed by atoms with van der Waals surface area (Å²) in [6, 6.07) is 3.84. The minimum atomic E-state index is -1.21. The molecule has 0 fully saturated rings. The van der Waals surface area contributed by atoms with Crippen LogP contribution in [0.5, 0.6) is 5.75 Å². The van der Waals surface area contributed by atoms with Crippen molar-refractivity contribution in [3.63, 3.8) is 0 Å². The number of carbonyl (C=O) groups is 1. The predicted molar refractivity (Wildman–Crippen MR) is 69.4 cm³/mol. The number of aryl methyl sites for hydroxylation is 1. The van der Waals surface area contributed by atoms with Gasteiger partial charge in [0.05, 0.1) is 17.8 Å². The highest BCUT2D eigenvalue weighted by Gasteiger charge is 2.15. The maximum Gasteiger partial charge on any atom is 0.339 e. The third-order valence-corrected chi connectivity index (χ3v) is 3.61. The Kier molecular flexibility index (Phi) is 4.11. The van der Waals surface area contributed by atoms with Crippen molar-refractivity contribution in [1.29, 1.82) is 0 Å². The van der Waals surface area contributed by atoms with Crippen molar-refractivity contribution < 1.29 is 19.0 Å². The van der Waals surface area contributed by atoms with Gasteiger partial charge in [-0.05, 0) is 19.1 Å². The lowest BCUT2D eigenvalue weighted by Gasteiger charge is -2.09. The Labute approximate surface area is 113 Å². The topological polar surface area (TPSA) is 59.4 Å². The summed E-state index contributed by atoms with van der Waals surface area (Å²) >= 11 is 1.50. The number of rotatable bonds is 5. The zero-order chi connectivity index (χ0) is 13.8. The van der Waals surface area contributed by atoms with Crippen LogP contribution in [0, 0.1) is 12.7 Å². The van der Waals surface area contributed by atoms with Gasteiger partial charge in [0.25, 0.3) is 0 Å². The van der Waals surface area contributed by atoms with E-state index in [0.717, 1.165) is 10.6 Å². The zero-order valence-corrected chi connectivity index (χ0v) is 11.0. The molecule has 2 aromatic rings. The summed E-state index contributed by atoms with van der Waals surface area (Å²) in [5.41, 5.74) is 2.48. The van der Waals surface area contributed by atoms with Crippen molar-refractivity contribution in [2.45, 2.75) is 13.3 Å². The monoisotopic (exact) mass is 281 g/mol. The summed E-state index contributed by atoms with van der Waals surface area (Å²) in [5.74, 6) is -2.08. The highest BCUT2D eigenvalue weighted by molar-refractivity contribution is 7.09. The molecule has 1 aromatic heterocycles. The molecule has 0 aliphatic heterocycles. The van der Waals surface area contributed by atoms with Crippen LogP contribution in [-0.4, -0.2) is 22.7 Å². The molecule has 0 aliphatic rings. The highest BCUT2D eigenvalue weighted by atomic mass is 32.1. The summed E-state index contributed by atoms with van der Waals surface area (Å²) in [6.07, 6.45) is 0.573. The third-order valence-electron chi connectivity index (χ3n) is 2.62. The minimum Gasteiger partial charge on any atom is -0.489 e. The van der Waals surface area contributed by atoms with Crippen molar-refractivity contribution in [1.82, 2.24) is 4.98 Å². The van der Waals surface area contributed by atoms with E-state index < -0.39 is 11.8 Å². The second-order valence-electron chi connectivity index (χ2n) is 3.88. The molecule has 100 valence electrons. The number of ether oxygens (including phenoxy) is 1. The zero-order valence-electron chi connectivity index (χ0n) is 10.2. The second kappa shape index (κ2) is 5.79. The number of carboxylic acid groups (broad SMARTS) is 1. The van der Waals surface area contributed by atoms with E-state index in [4.69, 9.17) is 9.84 Å². The fourth-order valence-electron chi connectivity index (χ4n) is 1.64. The molecule has 2 rings (SSSR count). The molecule has 1 aromatic carbocycles. The Hall–Kier alpha value is -1.95. The van der Waals surface area contributed by atoms with E-state index >= 15 is 0 Å². The average molecular weight is 281 g/mol. The Morgan fingerprint density at radius 1 is 1.53 bits per heavy atom. The van der Waals surface area contributed by atoms with E-state index in [1.165, 1.54) is 29.5 Å². The van der Waals surface area contributed by atoms with Gasteiger partial charge < -0.3 is 9.84 Å². The molecule has 0 bridgehead atoms. The first-order valence-electron chi connectivity index (χ1n) is 5.63. The molecule has 1 heterocycles. The summed E-state index contributed by atoms with van der Waals surface area (Å²) in [4.78, 5) is 16.1. The fraction of sp³-hybridized carbons (Fsp3) is 0.231. The van der Waals surface area contributed by atoms with Crippen LogP contribution in [-0.2, 0) is 6.42 Å². The lowest BCUT2D eigenvalue weighted by atomic mass is 10.2. The Morgan fingerprint density at radius 3 is 2.95 bits per heavy atom. The van der Waals surface area contributed by atoms with Gasteiger partial charge in [0.1, 0.15) is 5.56 Å². The standard InChI is InChI=1S/C13H12FNO3S/c1-8-11(19-7-15-8)5-6-18-12-9(13(16)17)3-2-4-10(12)14/h2-4,7H,5-6H2,1H3,(H,16,17). The normalized spacial score (nSPS) is 10.4. The highest BCUT2D eigenvalue weighted by Crippen LogP contribution is 2.23. The van der Waals surface area contributed by atoms with Crippen LogP contribution >= 0.6 is 11.3 Å². The van der Waals surface area contributed by atoms with Crippen LogP contribution in [0.4, 0.5) is 4.39 Å². The predicted octanol–water partition coefficient (Wildman–Crippen LogP) is 2.91. The summed E-state index contributed by atoms with van der Waals surface area (Å²) in [5, 5.41) is 8.96. The molecule has 0 aliphatic carbocycles. The van der Waals surface area contributed by atoms with Gasteiger partial charge in [-0.15, -0.1) is 11.3 Å². The molecule has 0 radical (unpaired) electrons. The first-order valence-corrected chi connectivity index (χ1v) is 6.51. The number of aromatic carboxylic acids is 1. The molecule has 19 heavy (non-hydrogen) atoms. The quantitative estimate of drug-likeness (QED) is 0.915. The molecule has 1 N–H and O–H groups in total. The third kappa shape index (κ3) is 3.08. The van der Waals surface area contributed by atoms with E-state index in [1.807, 2.05) is 6.92 Å². The minimum absolute atomic E-state index is 0.166. The Morgan fingerprint density at radius 2 is 2.32 bits per heavy atom. The molecule has 0 amide bonds. The first kappa shape index (κ1) is 13.5. The SMILES string of the molecule is Cc1ncsc1CCOc1c(F)cccc1C(=O)O. The van der Waals surface area contributed by atoms with Gasteiger partial charge in [0, 0.05) is 11.3 Å². The lowest BCUT2D eigenvalue weighted by molar-refractivity contribution is 0.0691. The molecule has 0 saturated heterocycles. The number of benzene rings is 1. The average Bonchev–Trinajstić information content (AvgIpc) is 2.77. The smallest absolute Gasteiger partial charge is 0.339 e. The van der Waals surface area contributed by atoms with Crippen LogP contribution in [0.2, 0.25) is 0 Å². The van der Waals surface area contributed by atoms with Gasteiger partial charge in [-0.25, -0.2) is 14.2 Å². The van der Waals surface area contributed by atoms with E-state index in [2.05, 4.69) is 4.98 Å². The van der Waals surface area contributed by atoms with Gasteiger partial charge in [-0.2, -0.15) is 0 Å². The van der Waals surface area contributed by atoms with Gasteiger partial charge in [-0.3, -0.25) is 0 Å². The summed E-state index contributed by atoms with van der Waals surface area (Å²) < 4.78 is 18.8. The van der Waals surface area contributed by atoms with Crippen LogP contribution in [0.25, 0.3) is 0 Å². The van der Waals surface area contributed by atoms with E-state index in [0.29, 0.717) is 6.42 Å². The number of para-hydroxylation sites is 1. The van der Waals surface area contributed by atoms with Crippen molar-refractivity contribution in [3.8, 4) is 5.75 Å². The molecule has 0 spiro atoms. The van der Waals surface area contributed by atoms with Crippen LogP contribution < -0.4 is 4.74 Å². The maximum absolute atomic E-state index is 13.6. The van der Waals surface area contributed by atoms with Crippen LogP contribution in [0.15, 0.2) is 23.7 Å². The van der Waals surface area contributed by atoms with Crippen molar-refractivity contribution in [2.24, 2.45) is 0 Å². The van der Waals surface area contributed by atoms with E-state index in [-0.39, 0.29) is 17.9 Å². The molecule has 6 heteroatoms. The molecular formula is C13H12FNO3S. The number of halogens is 1. The van der Waals surface area contributed by atoms with Crippen molar-refractivity contribution >= 4 is 17.3 Å². The van der Waals surface area contributed by atoms with Crippen LogP contribution in [0.3, 0.4) is 0 Å². The van der Waals surface area contributed by atoms with Gasteiger partial charge >= 0.3 is 5.97 Å². The number of hydrogen-bond donors (Lipinski definition) is 1. The second-order valence-corrected chi connectivity index (χ2v) is 4.82. The summed E-state index contributed by atoms with van der Waals surface area (Å²) in [7, 11) is 0. The molecular weight excluding hydrogens is 269 g/mol. The Bertz CT molecular complexity index is 597.